The highest BCUT2D eigenvalue weighted by molar-refractivity contribution is 6.18. The predicted molar refractivity (Wildman–Crippen MR) is 62.3 cm³/mol. The molecule has 0 spiro atoms. The van der Waals surface area contributed by atoms with Gasteiger partial charge in [0.25, 0.3) is 0 Å². The van der Waals surface area contributed by atoms with E-state index < -0.39 is 11.9 Å². The lowest BCUT2D eigenvalue weighted by Crippen LogP contribution is -2.11. The fraction of sp³-hybridized carbons (Fsp3) is 0.333. The second-order valence-electron chi connectivity index (χ2n) is 3.60. The summed E-state index contributed by atoms with van der Waals surface area (Å²) in [4.78, 5) is 0. The third-order valence-corrected chi connectivity index (χ3v) is 2.67. The van der Waals surface area contributed by atoms with Crippen molar-refractivity contribution >= 4 is 11.6 Å². The molecule has 0 fully saturated rings. The maximum absolute atomic E-state index is 12.9. The van der Waals surface area contributed by atoms with Crippen LogP contribution in [0.5, 0.6) is 5.75 Å². The third kappa shape index (κ3) is 3.51. The SMILES string of the molecule is C=C(CCc1cc(F)ccc1O)[C@@H](O)CCl. The number of hydrogen-bond donors (Lipinski definition) is 2. The number of hydrogen-bond acceptors (Lipinski definition) is 2. The molecule has 0 unspecified atom stereocenters. The Morgan fingerprint density at radius 2 is 2.19 bits per heavy atom. The number of alkyl halides is 1. The number of rotatable bonds is 5. The Kier molecular flexibility index (Phi) is 4.77. The lowest BCUT2D eigenvalue weighted by Gasteiger charge is -2.11. The second-order valence-corrected chi connectivity index (χ2v) is 3.91. The Hall–Kier alpha value is -1.06. The molecule has 0 heterocycles. The molecule has 4 heteroatoms. The van der Waals surface area contributed by atoms with E-state index >= 15 is 0 Å². The number of phenolic OH excluding ortho intramolecular Hbond substituents is 1. The first kappa shape index (κ1) is 13.0. The highest BCUT2D eigenvalue weighted by atomic mass is 35.5. The van der Waals surface area contributed by atoms with E-state index in [1.165, 1.54) is 18.2 Å². The van der Waals surface area contributed by atoms with Gasteiger partial charge < -0.3 is 10.2 Å². The molecule has 0 saturated carbocycles. The summed E-state index contributed by atoms with van der Waals surface area (Å²) in [5.74, 6) is -0.251. The van der Waals surface area contributed by atoms with Crippen LogP contribution in [0.25, 0.3) is 0 Å². The lowest BCUT2D eigenvalue weighted by molar-refractivity contribution is 0.230. The molecule has 1 rings (SSSR count). The molecule has 1 atom stereocenters. The molecule has 0 aliphatic rings. The smallest absolute Gasteiger partial charge is 0.123 e. The van der Waals surface area contributed by atoms with Crippen LogP contribution in [-0.2, 0) is 6.42 Å². The summed E-state index contributed by atoms with van der Waals surface area (Å²) >= 11 is 5.46. The number of halogens is 2. The minimum absolute atomic E-state index is 0.0505. The molecule has 0 aliphatic carbocycles. The zero-order chi connectivity index (χ0) is 12.1. The molecule has 16 heavy (non-hydrogen) atoms. The van der Waals surface area contributed by atoms with E-state index in [0.717, 1.165) is 0 Å². The highest BCUT2D eigenvalue weighted by Crippen LogP contribution is 2.21. The molecule has 1 aromatic carbocycles. The average Bonchev–Trinajstić information content (AvgIpc) is 2.28. The first-order valence-electron chi connectivity index (χ1n) is 4.93. The Morgan fingerprint density at radius 3 is 2.81 bits per heavy atom. The van der Waals surface area contributed by atoms with E-state index in [1.54, 1.807) is 0 Å². The van der Waals surface area contributed by atoms with Crippen LogP contribution >= 0.6 is 11.6 Å². The molecular weight excluding hydrogens is 231 g/mol. The fourth-order valence-corrected chi connectivity index (χ4v) is 1.54. The summed E-state index contributed by atoms with van der Waals surface area (Å²) in [6.45, 7) is 3.68. The summed E-state index contributed by atoms with van der Waals surface area (Å²) in [5.41, 5.74) is 1.08. The first-order chi connectivity index (χ1) is 7.54. The summed E-state index contributed by atoms with van der Waals surface area (Å²) < 4.78 is 12.9. The Labute approximate surface area is 99.0 Å². The van der Waals surface area contributed by atoms with E-state index in [9.17, 15) is 14.6 Å². The monoisotopic (exact) mass is 244 g/mol. The minimum atomic E-state index is -0.752. The average molecular weight is 245 g/mol. The summed E-state index contributed by atoms with van der Waals surface area (Å²) in [5, 5.41) is 18.8. The van der Waals surface area contributed by atoms with Gasteiger partial charge >= 0.3 is 0 Å². The van der Waals surface area contributed by atoms with Crippen LogP contribution in [0.15, 0.2) is 30.4 Å². The van der Waals surface area contributed by atoms with Crippen LogP contribution in [0, 0.1) is 5.82 Å². The third-order valence-electron chi connectivity index (χ3n) is 2.37. The van der Waals surface area contributed by atoms with Crippen molar-refractivity contribution in [3.05, 3.63) is 41.7 Å². The number of aliphatic hydroxyl groups excluding tert-OH is 1. The molecule has 2 nitrogen and oxygen atoms in total. The van der Waals surface area contributed by atoms with Gasteiger partial charge in [-0.2, -0.15) is 0 Å². The molecule has 1 aromatic rings. The Bertz CT molecular complexity index is 379. The van der Waals surface area contributed by atoms with Crippen molar-refractivity contribution in [1.29, 1.82) is 0 Å². The summed E-state index contributed by atoms with van der Waals surface area (Å²) in [6, 6.07) is 3.78. The van der Waals surface area contributed by atoms with Gasteiger partial charge in [0, 0.05) is 0 Å². The van der Waals surface area contributed by atoms with Gasteiger partial charge in [-0.3, -0.25) is 0 Å². The maximum atomic E-state index is 12.9. The van der Waals surface area contributed by atoms with E-state index in [1.807, 2.05) is 0 Å². The molecule has 0 aliphatic heterocycles. The van der Waals surface area contributed by atoms with Crippen molar-refractivity contribution in [3.63, 3.8) is 0 Å². The van der Waals surface area contributed by atoms with Crippen molar-refractivity contribution in [2.24, 2.45) is 0 Å². The fourth-order valence-electron chi connectivity index (χ4n) is 1.33. The molecule has 0 bridgehead atoms. The maximum Gasteiger partial charge on any atom is 0.123 e. The van der Waals surface area contributed by atoms with Crippen LogP contribution in [0.4, 0.5) is 4.39 Å². The quantitative estimate of drug-likeness (QED) is 0.618. The summed E-state index contributed by atoms with van der Waals surface area (Å²) in [6.07, 6.45) is 0.138. The second kappa shape index (κ2) is 5.87. The molecule has 0 aromatic heterocycles. The number of phenols is 1. The summed E-state index contributed by atoms with van der Waals surface area (Å²) in [7, 11) is 0. The van der Waals surface area contributed by atoms with Gasteiger partial charge in [-0.05, 0) is 42.2 Å². The van der Waals surface area contributed by atoms with Gasteiger partial charge in [-0.15, -0.1) is 11.6 Å². The number of aliphatic hydroxyl groups is 1. The van der Waals surface area contributed by atoms with Crippen molar-refractivity contribution in [2.45, 2.75) is 18.9 Å². The van der Waals surface area contributed by atoms with E-state index in [0.29, 0.717) is 24.0 Å². The number of benzene rings is 1. The normalized spacial score (nSPS) is 12.4. The standard InChI is InChI=1S/C12H14ClFO2/c1-8(12(16)7-13)2-3-9-6-10(14)4-5-11(9)15/h4-6,12,15-16H,1-3,7H2/t12-/m0/s1. The zero-order valence-corrected chi connectivity index (χ0v) is 9.54. The van der Waals surface area contributed by atoms with Crippen LogP contribution in [0.2, 0.25) is 0 Å². The number of aromatic hydroxyl groups is 1. The Balaban J connectivity index is 2.61. The molecule has 0 amide bonds. The van der Waals surface area contributed by atoms with Gasteiger partial charge in [0.2, 0.25) is 0 Å². The molecular formula is C12H14ClFO2. The van der Waals surface area contributed by atoms with Crippen molar-refractivity contribution in [1.82, 2.24) is 0 Å². The molecule has 0 saturated heterocycles. The molecule has 2 N–H and O–H groups in total. The first-order valence-corrected chi connectivity index (χ1v) is 5.47. The van der Waals surface area contributed by atoms with Crippen molar-refractivity contribution in [3.8, 4) is 5.75 Å². The largest absolute Gasteiger partial charge is 0.508 e. The van der Waals surface area contributed by atoms with Gasteiger partial charge in [-0.1, -0.05) is 6.58 Å². The van der Waals surface area contributed by atoms with Crippen LogP contribution < -0.4 is 0 Å². The zero-order valence-electron chi connectivity index (χ0n) is 8.79. The molecule has 0 radical (unpaired) electrons. The van der Waals surface area contributed by atoms with E-state index in [2.05, 4.69) is 6.58 Å². The lowest BCUT2D eigenvalue weighted by atomic mass is 10.0. The van der Waals surface area contributed by atoms with Crippen LogP contribution in [0.3, 0.4) is 0 Å². The van der Waals surface area contributed by atoms with E-state index in [4.69, 9.17) is 11.6 Å². The highest BCUT2D eigenvalue weighted by Gasteiger charge is 2.09. The minimum Gasteiger partial charge on any atom is -0.508 e. The van der Waals surface area contributed by atoms with Crippen molar-refractivity contribution in [2.75, 3.05) is 5.88 Å². The number of aryl methyl sites for hydroxylation is 1. The molecule has 88 valence electrons. The van der Waals surface area contributed by atoms with Gasteiger partial charge in [0.15, 0.2) is 0 Å². The van der Waals surface area contributed by atoms with E-state index in [-0.39, 0.29) is 11.6 Å². The predicted octanol–water partition coefficient (Wildman–Crippen LogP) is 2.62. The van der Waals surface area contributed by atoms with Crippen LogP contribution in [0.1, 0.15) is 12.0 Å². The van der Waals surface area contributed by atoms with Gasteiger partial charge in [-0.25, -0.2) is 4.39 Å². The van der Waals surface area contributed by atoms with Gasteiger partial charge in [0.1, 0.15) is 11.6 Å². The van der Waals surface area contributed by atoms with Gasteiger partial charge in [0.05, 0.1) is 12.0 Å². The van der Waals surface area contributed by atoms with Crippen LogP contribution in [-0.4, -0.2) is 22.2 Å². The van der Waals surface area contributed by atoms with Crippen molar-refractivity contribution < 1.29 is 14.6 Å². The topological polar surface area (TPSA) is 40.5 Å². The Morgan fingerprint density at radius 1 is 1.50 bits per heavy atom.